The molecule has 0 aliphatic rings. The minimum absolute atomic E-state index is 0.0132. The van der Waals surface area contributed by atoms with Crippen LogP contribution in [0.4, 0.5) is 0 Å². The lowest BCUT2D eigenvalue weighted by atomic mass is 10.0. The number of carboxylic acids is 1. The third-order valence-electron chi connectivity index (χ3n) is 12.6. The molecule has 0 heterocycles. The van der Waals surface area contributed by atoms with Gasteiger partial charge in [-0.1, -0.05) is 155 Å². The number of amides is 5. The number of thioether (sulfide) groups is 2. The minimum atomic E-state index is -0.816. The Kier molecular flexibility index (Phi) is 54.4. The van der Waals surface area contributed by atoms with Crippen molar-refractivity contribution in [3.8, 4) is 24.7 Å². The van der Waals surface area contributed by atoms with Crippen molar-refractivity contribution in [1.82, 2.24) is 25.3 Å². The molecule has 416 valence electrons. The fraction of sp³-hybridized carbons (Fsp3) is 0.828. The third kappa shape index (κ3) is 51.5. The molecule has 0 atom stereocenters. The molecule has 0 fully saturated rings. The normalized spacial score (nSPS) is 10.6. The van der Waals surface area contributed by atoms with Gasteiger partial charge in [-0.2, -0.15) is 23.5 Å². The Morgan fingerprint density at radius 3 is 1.07 bits per heavy atom. The molecule has 0 aromatic carbocycles. The third-order valence-corrected chi connectivity index (χ3v) is 14.5. The van der Waals surface area contributed by atoms with E-state index in [0.29, 0.717) is 102 Å². The van der Waals surface area contributed by atoms with Crippen molar-refractivity contribution in [2.75, 3.05) is 75.4 Å². The Hall–Kier alpha value is -3.36. The van der Waals surface area contributed by atoms with Crippen LogP contribution in [-0.4, -0.2) is 131 Å². The molecule has 0 saturated heterocycles. The fourth-order valence-corrected chi connectivity index (χ4v) is 9.82. The zero-order valence-electron chi connectivity index (χ0n) is 46.3. The molecule has 0 aliphatic carbocycles. The molecule has 0 aliphatic heterocycles. The zero-order valence-corrected chi connectivity index (χ0v) is 48.0. The largest absolute Gasteiger partial charge is 0.481 e. The van der Waals surface area contributed by atoms with Crippen molar-refractivity contribution in [3.63, 3.8) is 0 Å². The van der Waals surface area contributed by atoms with Gasteiger partial charge in [0.15, 0.2) is 0 Å². The molecule has 3 N–H and O–H groups in total. The Labute approximate surface area is 449 Å². The predicted octanol–water partition coefficient (Wildman–Crippen LogP) is 12.1. The van der Waals surface area contributed by atoms with E-state index in [1.54, 1.807) is 28.5 Å². The standard InChI is InChI=1S/C43H81N3O3S.C15H24N2O4S/c1-5-8-11-13-15-17-19-21-23-25-27-30-35-46(36-31-28-26-24-22-20-18-16-14-12-9-6-2)43(49)33-39-50-40-38-45(41(4)47)37-34-44-42(48)32-29-10-7-3;1-3-4-5-6-14(19)16-8-9-17(13(2)18)10-12-22-11-7-15(20)21/h3H,5-6,8-40H2,1-2,4H3,(H,44,48);1H,4-12H2,2H3,(H,16,19)(H,20,21). The number of hydrogen-bond donors (Lipinski definition) is 3. The number of carbonyl (C=O) groups is 6. The molecule has 0 bridgehead atoms. The van der Waals surface area contributed by atoms with Crippen molar-refractivity contribution < 1.29 is 33.9 Å². The second-order valence-corrected chi connectivity index (χ2v) is 21.6. The van der Waals surface area contributed by atoms with Crippen molar-refractivity contribution in [3.05, 3.63) is 0 Å². The van der Waals surface area contributed by atoms with Crippen LogP contribution in [0, 0.1) is 24.7 Å². The average Bonchev–Trinajstić information content (AvgIpc) is 3.35. The van der Waals surface area contributed by atoms with Gasteiger partial charge in [0.25, 0.3) is 0 Å². The summed E-state index contributed by atoms with van der Waals surface area (Å²) in [6, 6.07) is 0. The van der Waals surface area contributed by atoms with E-state index in [1.807, 2.05) is 0 Å². The molecule has 14 heteroatoms. The first-order chi connectivity index (χ1) is 34.9. The molecular weight excluding hydrogens is 943 g/mol. The maximum absolute atomic E-state index is 13.3. The van der Waals surface area contributed by atoms with E-state index in [0.717, 1.165) is 37.4 Å². The van der Waals surface area contributed by atoms with Crippen LogP contribution in [0.15, 0.2) is 0 Å². The van der Waals surface area contributed by atoms with Gasteiger partial charge in [-0.15, -0.1) is 24.7 Å². The maximum atomic E-state index is 13.3. The number of aliphatic carboxylic acids is 1. The number of carbonyl (C=O) groups excluding carboxylic acids is 5. The Morgan fingerprint density at radius 2 is 0.750 bits per heavy atom. The highest BCUT2D eigenvalue weighted by atomic mass is 32.2. The number of carboxylic acid groups (broad SMARTS) is 1. The first-order valence-electron chi connectivity index (χ1n) is 28.5. The molecule has 0 spiro atoms. The Balaban J connectivity index is 0. The first-order valence-corrected chi connectivity index (χ1v) is 30.8. The number of terminal acetylenes is 2. The summed E-state index contributed by atoms with van der Waals surface area (Å²) in [6.07, 6.45) is 46.4. The van der Waals surface area contributed by atoms with Crippen molar-refractivity contribution in [2.24, 2.45) is 0 Å². The molecule has 0 unspecified atom stereocenters. The molecule has 12 nitrogen and oxygen atoms in total. The summed E-state index contributed by atoms with van der Waals surface area (Å²) in [7, 11) is 0. The minimum Gasteiger partial charge on any atom is -0.481 e. The topological polar surface area (TPSA) is 156 Å². The smallest absolute Gasteiger partial charge is 0.304 e. The quantitative estimate of drug-likeness (QED) is 0.0399. The summed E-state index contributed by atoms with van der Waals surface area (Å²) in [5.41, 5.74) is 0. The summed E-state index contributed by atoms with van der Waals surface area (Å²) in [5.74, 6) is 7.18. The molecule has 0 aromatic heterocycles. The van der Waals surface area contributed by atoms with E-state index < -0.39 is 5.97 Å². The van der Waals surface area contributed by atoms with Crippen molar-refractivity contribution in [1.29, 1.82) is 0 Å². The van der Waals surface area contributed by atoms with E-state index >= 15 is 0 Å². The van der Waals surface area contributed by atoms with Gasteiger partial charge in [0.05, 0.1) is 6.42 Å². The molecule has 72 heavy (non-hydrogen) atoms. The highest BCUT2D eigenvalue weighted by Crippen LogP contribution is 2.16. The van der Waals surface area contributed by atoms with Crippen LogP contribution in [-0.2, 0) is 28.8 Å². The van der Waals surface area contributed by atoms with Crippen LogP contribution in [0.25, 0.3) is 0 Å². The van der Waals surface area contributed by atoms with Crippen molar-refractivity contribution in [2.45, 2.75) is 233 Å². The first kappa shape index (κ1) is 70.7. The van der Waals surface area contributed by atoms with Crippen LogP contribution in [0.2, 0.25) is 0 Å². The molecule has 0 radical (unpaired) electrons. The lowest BCUT2D eigenvalue weighted by Crippen LogP contribution is -2.38. The van der Waals surface area contributed by atoms with Gasteiger partial charge >= 0.3 is 5.97 Å². The van der Waals surface area contributed by atoms with E-state index in [1.165, 1.54) is 160 Å². The van der Waals surface area contributed by atoms with Gasteiger partial charge in [0.1, 0.15) is 0 Å². The molecule has 0 aromatic rings. The van der Waals surface area contributed by atoms with Gasteiger partial charge in [-0.3, -0.25) is 28.8 Å². The fourth-order valence-electron chi connectivity index (χ4n) is 8.07. The summed E-state index contributed by atoms with van der Waals surface area (Å²) < 4.78 is 0. The van der Waals surface area contributed by atoms with E-state index in [9.17, 15) is 28.8 Å². The molecular formula is C58H105N5O7S2. The number of unbranched alkanes of at least 4 members (excludes halogenated alkanes) is 24. The van der Waals surface area contributed by atoms with Crippen LogP contribution in [0.1, 0.15) is 233 Å². The van der Waals surface area contributed by atoms with E-state index in [4.69, 9.17) is 18.0 Å². The van der Waals surface area contributed by atoms with Crippen LogP contribution in [0.5, 0.6) is 0 Å². The van der Waals surface area contributed by atoms with Gasteiger partial charge in [0, 0.05) is 121 Å². The second-order valence-electron chi connectivity index (χ2n) is 19.1. The maximum Gasteiger partial charge on any atom is 0.304 e. The molecule has 0 saturated carbocycles. The van der Waals surface area contributed by atoms with Gasteiger partial charge < -0.3 is 30.4 Å². The number of hydrogen-bond acceptors (Lipinski definition) is 8. The Morgan fingerprint density at radius 1 is 0.417 bits per heavy atom. The highest BCUT2D eigenvalue weighted by Gasteiger charge is 2.15. The summed E-state index contributed by atoms with van der Waals surface area (Å²) >= 11 is 3.24. The van der Waals surface area contributed by atoms with Crippen LogP contribution >= 0.6 is 23.5 Å². The second kappa shape index (κ2) is 55.4. The summed E-state index contributed by atoms with van der Waals surface area (Å²) in [4.78, 5) is 76.3. The van der Waals surface area contributed by atoms with Gasteiger partial charge in [0.2, 0.25) is 29.5 Å². The highest BCUT2D eigenvalue weighted by molar-refractivity contribution is 7.99. The molecule has 0 rings (SSSR count). The van der Waals surface area contributed by atoms with Crippen molar-refractivity contribution >= 4 is 59.0 Å². The van der Waals surface area contributed by atoms with Gasteiger partial charge in [-0.25, -0.2) is 0 Å². The Bertz CT molecular complexity index is 1410. The lowest BCUT2D eigenvalue weighted by molar-refractivity contribution is -0.136. The molecule has 5 amide bonds. The number of rotatable bonds is 50. The SMILES string of the molecule is C#CCCCC(=O)NCCN(CCSCCC(=O)N(CCCCCCCCCCCCCC)CCCCCCCCCCCCCC)C(C)=O.C#CCCCC(=O)NCCN(CCSCCC(=O)O)C(C)=O. The number of nitrogens with one attached hydrogen (secondary N) is 2. The average molecular weight is 1050 g/mol. The lowest BCUT2D eigenvalue weighted by Gasteiger charge is -2.23. The van der Waals surface area contributed by atoms with Crippen LogP contribution < -0.4 is 10.6 Å². The van der Waals surface area contributed by atoms with Gasteiger partial charge in [-0.05, 0) is 25.7 Å². The van der Waals surface area contributed by atoms with Crippen LogP contribution in [0.3, 0.4) is 0 Å². The summed E-state index contributed by atoms with van der Waals surface area (Å²) in [6.45, 7) is 12.4. The zero-order chi connectivity index (χ0) is 53.6. The number of nitrogens with zero attached hydrogens (tertiary/aromatic N) is 3. The monoisotopic (exact) mass is 1050 g/mol. The summed E-state index contributed by atoms with van der Waals surface area (Å²) in [5, 5.41) is 14.2. The van der Waals surface area contributed by atoms with E-state index in [-0.39, 0.29) is 30.0 Å². The predicted molar refractivity (Wildman–Crippen MR) is 306 cm³/mol. The van der Waals surface area contributed by atoms with E-state index in [2.05, 4.69) is 41.2 Å².